The van der Waals surface area contributed by atoms with E-state index in [0.29, 0.717) is 12.2 Å². The van der Waals surface area contributed by atoms with Crippen molar-refractivity contribution in [3.05, 3.63) is 90.5 Å². The van der Waals surface area contributed by atoms with E-state index in [0.717, 1.165) is 55.3 Å². The smallest absolute Gasteiger partial charge is 0.338 e. The number of phenols is 1. The average molecular weight is 473 g/mol. The number of piperazine rings is 1. The van der Waals surface area contributed by atoms with Crippen LogP contribution in [-0.4, -0.2) is 55.4 Å². The van der Waals surface area contributed by atoms with Crippen LogP contribution in [-0.2, 0) is 11.3 Å². The Labute approximate surface area is 207 Å². The van der Waals surface area contributed by atoms with Gasteiger partial charge in [-0.2, -0.15) is 0 Å². The molecule has 1 fully saturated rings. The van der Waals surface area contributed by atoms with Gasteiger partial charge in [-0.25, -0.2) is 4.79 Å². The molecular formula is C29H32N2O4. The fourth-order valence-corrected chi connectivity index (χ4v) is 4.30. The molecule has 35 heavy (non-hydrogen) atoms. The maximum Gasteiger partial charge on any atom is 0.338 e. The zero-order chi connectivity index (χ0) is 24.6. The second kappa shape index (κ2) is 11.6. The molecule has 1 N–H and O–H groups in total. The Kier molecular flexibility index (Phi) is 8.06. The lowest BCUT2D eigenvalue weighted by Gasteiger charge is -2.36. The maximum atomic E-state index is 12.0. The molecule has 182 valence electrons. The summed E-state index contributed by atoms with van der Waals surface area (Å²) in [6, 6.07) is 21.2. The van der Waals surface area contributed by atoms with Gasteiger partial charge in [0, 0.05) is 38.4 Å². The molecule has 1 heterocycles. The SMILES string of the molecule is C=CCOC(=O)c1ccc(N2CCN(Cc3cc(OCC)cc(-c4cccc(O)c4)c3)CC2)cc1. The maximum absolute atomic E-state index is 12.0. The van der Waals surface area contributed by atoms with Gasteiger partial charge in [0.1, 0.15) is 18.1 Å². The van der Waals surface area contributed by atoms with E-state index in [4.69, 9.17) is 9.47 Å². The molecule has 0 atom stereocenters. The Balaban J connectivity index is 1.39. The third-order valence-corrected chi connectivity index (χ3v) is 6.04. The molecule has 6 heteroatoms. The number of hydrogen-bond donors (Lipinski definition) is 1. The van der Waals surface area contributed by atoms with Crippen molar-refractivity contribution in [2.45, 2.75) is 13.5 Å². The van der Waals surface area contributed by atoms with Crippen LogP contribution in [0.25, 0.3) is 11.1 Å². The molecule has 0 spiro atoms. The van der Waals surface area contributed by atoms with Crippen molar-refractivity contribution < 1.29 is 19.4 Å². The van der Waals surface area contributed by atoms with Gasteiger partial charge in [0.25, 0.3) is 0 Å². The van der Waals surface area contributed by atoms with Gasteiger partial charge >= 0.3 is 5.97 Å². The van der Waals surface area contributed by atoms with Crippen LogP contribution >= 0.6 is 0 Å². The third-order valence-electron chi connectivity index (χ3n) is 6.04. The van der Waals surface area contributed by atoms with Crippen molar-refractivity contribution in [3.63, 3.8) is 0 Å². The van der Waals surface area contributed by atoms with Crippen molar-refractivity contribution in [2.75, 3.05) is 44.3 Å². The van der Waals surface area contributed by atoms with E-state index >= 15 is 0 Å². The van der Waals surface area contributed by atoms with Crippen LogP contribution in [0.4, 0.5) is 5.69 Å². The number of ether oxygens (including phenoxy) is 2. The van der Waals surface area contributed by atoms with Crippen LogP contribution in [0.15, 0.2) is 79.4 Å². The topological polar surface area (TPSA) is 62.2 Å². The summed E-state index contributed by atoms with van der Waals surface area (Å²) < 4.78 is 10.9. The lowest BCUT2D eigenvalue weighted by atomic mass is 10.0. The highest BCUT2D eigenvalue weighted by atomic mass is 16.5. The summed E-state index contributed by atoms with van der Waals surface area (Å²) in [6.45, 7) is 10.9. The van der Waals surface area contributed by atoms with Crippen molar-refractivity contribution in [2.24, 2.45) is 0 Å². The molecule has 1 aliphatic heterocycles. The first-order valence-corrected chi connectivity index (χ1v) is 12.0. The Morgan fingerprint density at radius 1 is 1.00 bits per heavy atom. The monoisotopic (exact) mass is 472 g/mol. The average Bonchev–Trinajstić information content (AvgIpc) is 2.88. The van der Waals surface area contributed by atoms with E-state index in [1.165, 1.54) is 5.56 Å². The van der Waals surface area contributed by atoms with Crippen molar-refractivity contribution in [1.29, 1.82) is 0 Å². The van der Waals surface area contributed by atoms with Gasteiger partial charge in [-0.1, -0.05) is 24.8 Å². The first-order chi connectivity index (χ1) is 17.1. The highest BCUT2D eigenvalue weighted by Gasteiger charge is 2.18. The quantitative estimate of drug-likeness (QED) is 0.344. The molecule has 4 rings (SSSR count). The number of phenolic OH excluding ortho intramolecular Hbond substituents is 1. The molecule has 3 aromatic rings. The number of esters is 1. The van der Waals surface area contributed by atoms with Gasteiger partial charge in [-0.15, -0.1) is 0 Å². The first kappa shape index (κ1) is 24.4. The normalized spacial score (nSPS) is 13.9. The minimum atomic E-state index is -0.333. The number of rotatable bonds is 9. The second-order valence-corrected chi connectivity index (χ2v) is 8.55. The Hall–Kier alpha value is -3.77. The predicted molar refractivity (Wildman–Crippen MR) is 139 cm³/mol. The summed E-state index contributed by atoms with van der Waals surface area (Å²) in [4.78, 5) is 16.8. The van der Waals surface area contributed by atoms with Crippen LogP contribution in [0.5, 0.6) is 11.5 Å². The molecule has 0 radical (unpaired) electrons. The van der Waals surface area contributed by atoms with Gasteiger partial charge in [0.05, 0.1) is 12.2 Å². The van der Waals surface area contributed by atoms with E-state index in [-0.39, 0.29) is 18.3 Å². The van der Waals surface area contributed by atoms with E-state index in [1.54, 1.807) is 18.2 Å². The Bertz CT molecular complexity index is 1150. The molecule has 1 aliphatic rings. The van der Waals surface area contributed by atoms with Crippen molar-refractivity contribution in [1.82, 2.24) is 4.90 Å². The molecule has 3 aromatic carbocycles. The summed E-state index contributed by atoms with van der Waals surface area (Å²) in [5.41, 5.74) is 4.84. The van der Waals surface area contributed by atoms with E-state index in [2.05, 4.69) is 28.5 Å². The van der Waals surface area contributed by atoms with Gasteiger partial charge in [-0.05, 0) is 78.2 Å². The second-order valence-electron chi connectivity index (χ2n) is 8.55. The molecule has 0 unspecified atom stereocenters. The van der Waals surface area contributed by atoms with Gasteiger partial charge in [-0.3, -0.25) is 4.90 Å². The van der Waals surface area contributed by atoms with E-state index in [9.17, 15) is 9.90 Å². The highest BCUT2D eigenvalue weighted by molar-refractivity contribution is 5.89. The number of benzene rings is 3. The zero-order valence-electron chi connectivity index (χ0n) is 20.2. The number of carbonyl (C=O) groups excluding carboxylic acids is 1. The minimum absolute atomic E-state index is 0.214. The van der Waals surface area contributed by atoms with Gasteiger partial charge in [0.2, 0.25) is 0 Å². The van der Waals surface area contributed by atoms with Crippen molar-refractivity contribution >= 4 is 11.7 Å². The lowest BCUT2D eigenvalue weighted by Crippen LogP contribution is -2.45. The molecule has 1 saturated heterocycles. The fourth-order valence-electron chi connectivity index (χ4n) is 4.30. The van der Waals surface area contributed by atoms with Crippen LogP contribution in [0.3, 0.4) is 0 Å². The molecule has 6 nitrogen and oxygen atoms in total. The summed E-state index contributed by atoms with van der Waals surface area (Å²) >= 11 is 0. The fraction of sp³-hybridized carbons (Fsp3) is 0.276. The standard InChI is InChI=1S/C29H32N2O4/c1-3-16-35-29(33)23-8-10-26(11-9-23)31-14-12-30(13-15-31)21-22-17-25(20-28(18-22)34-4-2)24-6-5-7-27(32)19-24/h3,5-11,17-20,32H,1,4,12-16,21H2,2H3. The molecule has 0 aromatic heterocycles. The highest BCUT2D eigenvalue weighted by Crippen LogP contribution is 2.29. The zero-order valence-corrected chi connectivity index (χ0v) is 20.2. The lowest BCUT2D eigenvalue weighted by molar-refractivity contribution is 0.0549. The van der Waals surface area contributed by atoms with Crippen LogP contribution in [0.2, 0.25) is 0 Å². The number of hydrogen-bond acceptors (Lipinski definition) is 6. The molecular weight excluding hydrogens is 440 g/mol. The van der Waals surface area contributed by atoms with E-state index in [1.807, 2.05) is 49.4 Å². The minimum Gasteiger partial charge on any atom is -0.508 e. The molecule has 0 bridgehead atoms. The summed E-state index contributed by atoms with van der Waals surface area (Å²) in [5, 5.41) is 9.90. The van der Waals surface area contributed by atoms with E-state index < -0.39 is 0 Å². The van der Waals surface area contributed by atoms with Crippen LogP contribution in [0.1, 0.15) is 22.8 Å². The third kappa shape index (κ3) is 6.43. The largest absolute Gasteiger partial charge is 0.508 e. The first-order valence-electron chi connectivity index (χ1n) is 12.0. The van der Waals surface area contributed by atoms with Crippen molar-refractivity contribution in [3.8, 4) is 22.6 Å². The molecule has 0 saturated carbocycles. The van der Waals surface area contributed by atoms with Crippen LogP contribution in [0, 0.1) is 0 Å². The number of anilines is 1. The van der Waals surface area contributed by atoms with Gasteiger partial charge < -0.3 is 19.5 Å². The Morgan fingerprint density at radius 3 is 2.46 bits per heavy atom. The molecule has 0 aliphatic carbocycles. The number of nitrogens with zero attached hydrogens (tertiary/aromatic N) is 2. The van der Waals surface area contributed by atoms with Gasteiger partial charge in [0.15, 0.2) is 0 Å². The summed E-state index contributed by atoms with van der Waals surface area (Å²) in [7, 11) is 0. The molecule has 0 amide bonds. The van der Waals surface area contributed by atoms with Crippen LogP contribution < -0.4 is 9.64 Å². The predicted octanol–water partition coefficient (Wildman–Crippen LogP) is 5.12. The number of carbonyl (C=O) groups is 1. The Morgan fingerprint density at radius 2 is 1.77 bits per heavy atom. The summed E-state index contributed by atoms with van der Waals surface area (Å²) in [5.74, 6) is 0.762. The number of aromatic hydroxyl groups is 1. The summed E-state index contributed by atoms with van der Waals surface area (Å²) in [6.07, 6.45) is 1.56.